The van der Waals surface area contributed by atoms with Gasteiger partial charge in [0.2, 0.25) is 0 Å². The summed E-state index contributed by atoms with van der Waals surface area (Å²) in [7, 11) is 0. The number of nitrogens with zero attached hydrogens (tertiary/aromatic N) is 1. The lowest BCUT2D eigenvalue weighted by atomic mass is 9.98. The third-order valence-electron chi connectivity index (χ3n) is 6.06. The Morgan fingerprint density at radius 3 is 2.17 bits per heavy atom. The molecule has 0 saturated carbocycles. The van der Waals surface area contributed by atoms with E-state index in [9.17, 15) is 0 Å². The molecule has 0 aliphatic rings. The SMILES string of the molecule is c1ccc(-c2cccc3c2oc2c4[nH]c5ccccc5c4c4ccccc4c32)nc1. The second-order valence-electron chi connectivity index (χ2n) is 7.67. The Bertz CT molecular complexity index is 1740. The highest BCUT2D eigenvalue weighted by Gasteiger charge is 2.20. The summed E-state index contributed by atoms with van der Waals surface area (Å²) in [5, 5.41) is 7.15. The summed E-state index contributed by atoms with van der Waals surface area (Å²) >= 11 is 0. The van der Waals surface area contributed by atoms with E-state index in [4.69, 9.17) is 4.42 Å². The zero-order chi connectivity index (χ0) is 19.7. The van der Waals surface area contributed by atoms with Gasteiger partial charge in [-0.2, -0.15) is 0 Å². The van der Waals surface area contributed by atoms with Crippen LogP contribution in [-0.4, -0.2) is 9.97 Å². The summed E-state index contributed by atoms with van der Waals surface area (Å²) in [5.41, 5.74) is 5.88. The molecule has 0 spiro atoms. The van der Waals surface area contributed by atoms with Crippen LogP contribution in [0.4, 0.5) is 0 Å². The van der Waals surface area contributed by atoms with Gasteiger partial charge in [0, 0.05) is 38.8 Å². The van der Waals surface area contributed by atoms with Gasteiger partial charge in [-0.1, -0.05) is 60.7 Å². The van der Waals surface area contributed by atoms with Crippen molar-refractivity contribution in [2.24, 2.45) is 0 Å². The monoisotopic (exact) mass is 384 g/mol. The van der Waals surface area contributed by atoms with E-state index >= 15 is 0 Å². The van der Waals surface area contributed by atoms with Crippen molar-refractivity contribution in [2.45, 2.75) is 0 Å². The number of benzene rings is 4. The van der Waals surface area contributed by atoms with E-state index in [0.717, 1.165) is 44.2 Å². The Kier molecular flexibility index (Phi) is 3.00. The number of para-hydroxylation sites is 2. The molecular formula is C27H16N2O. The quantitative estimate of drug-likeness (QED) is 0.320. The predicted molar refractivity (Wildman–Crippen MR) is 124 cm³/mol. The molecule has 0 saturated heterocycles. The Labute approximate surface area is 171 Å². The largest absolute Gasteiger partial charge is 0.453 e. The van der Waals surface area contributed by atoms with Gasteiger partial charge < -0.3 is 9.40 Å². The zero-order valence-electron chi connectivity index (χ0n) is 16.0. The van der Waals surface area contributed by atoms with Crippen molar-refractivity contribution in [3.63, 3.8) is 0 Å². The van der Waals surface area contributed by atoms with Crippen LogP contribution in [0.5, 0.6) is 0 Å². The fourth-order valence-corrected chi connectivity index (χ4v) is 4.80. The number of aromatic amines is 1. The van der Waals surface area contributed by atoms with Crippen LogP contribution in [0.1, 0.15) is 0 Å². The number of H-pyrrole nitrogens is 1. The lowest BCUT2D eigenvalue weighted by Gasteiger charge is -2.03. The molecular weight excluding hydrogens is 368 g/mol. The van der Waals surface area contributed by atoms with Crippen molar-refractivity contribution in [1.82, 2.24) is 9.97 Å². The van der Waals surface area contributed by atoms with Gasteiger partial charge in [-0.15, -0.1) is 0 Å². The van der Waals surface area contributed by atoms with Gasteiger partial charge in [0.15, 0.2) is 5.58 Å². The first-order chi connectivity index (χ1) is 14.9. The van der Waals surface area contributed by atoms with Gasteiger partial charge in [-0.05, 0) is 35.0 Å². The minimum absolute atomic E-state index is 0.877. The van der Waals surface area contributed by atoms with E-state index in [1.165, 1.54) is 21.5 Å². The second kappa shape index (κ2) is 5.71. The van der Waals surface area contributed by atoms with E-state index in [-0.39, 0.29) is 0 Å². The second-order valence-corrected chi connectivity index (χ2v) is 7.67. The molecule has 0 atom stereocenters. The van der Waals surface area contributed by atoms with E-state index in [1.807, 2.05) is 24.4 Å². The van der Waals surface area contributed by atoms with Crippen molar-refractivity contribution < 1.29 is 4.42 Å². The number of nitrogens with one attached hydrogen (secondary N) is 1. The first-order valence-electron chi connectivity index (χ1n) is 10.1. The zero-order valence-corrected chi connectivity index (χ0v) is 16.0. The summed E-state index contributed by atoms with van der Waals surface area (Å²) in [6.07, 6.45) is 1.82. The molecule has 7 aromatic rings. The number of aromatic nitrogens is 2. The van der Waals surface area contributed by atoms with E-state index in [0.29, 0.717) is 0 Å². The molecule has 1 N–H and O–H groups in total. The van der Waals surface area contributed by atoms with Crippen LogP contribution < -0.4 is 0 Å². The molecule has 0 bridgehead atoms. The number of hydrogen-bond donors (Lipinski definition) is 1. The summed E-state index contributed by atoms with van der Waals surface area (Å²) < 4.78 is 6.62. The van der Waals surface area contributed by atoms with Crippen LogP contribution in [0, 0.1) is 0 Å². The summed E-state index contributed by atoms with van der Waals surface area (Å²) in [4.78, 5) is 8.18. The minimum atomic E-state index is 0.877. The number of rotatable bonds is 1. The molecule has 140 valence electrons. The van der Waals surface area contributed by atoms with Gasteiger partial charge in [-0.25, -0.2) is 0 Å². The fraction of sp³-hybridized carbons (Fsp3) is 0. The molecule has 3 aromatic heterocycles. The standard InChI is InChI=1S/C27H16N2O/c1-2-9-17-16(8-1)23-18-10-3-4-14-22(18)29-25(23)27-24(17)20-12-7-11-19(26(20)30-27)21-13-5-6-15-28-21/h1-15,29H. The van der Waals surface area contributed by atoms with Gasteiger partial charge >= 0.3 is 0 Å². The van der Waals surface area contributed by atoms with Crippen LogP contribution in [0.3, 0.4) is 0 Å². The Morgan fingerprint density at radius 1 is 0.600 bits per heavy atom. The maximum absolute atomic E-state index is 6.62. The van der Waals surface area contributed by atoms with E-state index < -0.39 is 0 Å². The predicted octanol–water partition coefficient (Wildman–Crippen LogP) is 7.44. The van der Waals surface area contributed by atoms with Crippen molar-refractivity contribution in [3.8, 4) is 11.3 Å². The summed E-state index contributed by atoms with van der Waals surface area (Å²) in [5.74, 6) is 0. The molecule has 4 aromatic carbocycles. The van der Waals surface area contributed by atoms with Gasteiger partial charge in [-0.3, -0.25) is 4.98 Å². The molecule has 3 heterocycles. The average Bonchev–Trinajstić information content (AvgIpc) is 3.39. The molecule has 3 nitrogen and oxygen atoms in total. The third kappa shape index (κ3) is 1.96. The van der Waals surface area contributed by atoms with Crippen LogP contribution in [0.2, 0.25) is 0 Å². The molecule has 3 heteroatoms. The normalized spacial score (nSPS) is 12.0. The number of pyridine rings is 1. The van der Waals surface area contributed by atoms with Gasteiger partial charge in [0.1, 0.15) is 5.58 Å². The third-order valence-corrected chi connectivity index (χ3v) is 6.06. The highest BCUT2D eigenvalue weighted by molar-refractivity contribution is 6.34. The molecule has 0 aliphatic carbocycles. The molecule has 0 aliphatic heterocycles. The maximum atomic E-state index is 6.62. The Morgan fingerprint density at radius 2 is 1.33 bits per heavy atom. The summed E-state index contributed by atoms with van der Waals surface area (Å²) in [6, 6.07) is 29.4. The Hall–Kier alpha value is -4.11. The summed E-state index contributed by atoms with van der Waals surface area (Å²) in [6.45, 7) is 0. The van der Waals surface area contributed by atoms with E-state index in [2.05, 4.69) is 76.7 Å². The number of furan rings is 1. The van der Waals surface area contributed by atoms with Crippen molar-refractivity contribution in [2.75, 3.05) is 0 Å². The highest BCUT2D eigenvalue weighted by Crippen LogP contribution is 2.44. The molecule has 0 unspecified atom stereocenters. The van der Waals surface area contributed by atoms with Crippen LogP contribution in [0.15, 0.2) is 95.5 Å². The first-order valence-corrected chi connectivity index (χ1v) is 10.1. The lowest BCUT2D eigenvalue weighted by Crippen LogP contribution is -1.82. The van der Waals surface area contributed by atoms with Crippen molar-refractivity contribution in [3.05, 3.63) is 91.1 Å². The minimum Gasteiger partial charge on any atom is -0.453 e. The first kappa shape index (κ1) is 15.8. The Balaban J connectivity index is 1.77. The molecule has 7 rings (SSSR count). The van der Waals surface area contributed by atoms with Gasteiger partial charge in [0.05, 0.1) is 11.2 Å². The van der Waals surface area contributed by atoms with Crippen LogP contribution >= 0.6 is 0 Å². The fourth-order valence-electron chi connectivity index (χ4n) is 4.80. The topological polar surface area (TPSA) is 41.8 Å². The van der Waals surface area contributed by atoms with Crippen molar-refractivity contribution >= 4 is 54.5 Å². The lowest BCUT2D eigenvalue weighted by molar-refractivity contribution is 0.673. The van der Waals surface area contributed by atoms with Crippen LogP contribution in [0.25, 0.3) is 65.8 Å². The van der Waals surface area contributed by atoms with Gasteiger partial charge in [0.25, 0.3) is 0 Å². The highest BCUT2D eigenvalue weighted by atomic mass is 16.3. The smallest absolute Gasteiger partial charge is 0.160 e. The maximum Gasteiger partial charge on any atom is 0.160 e. The number of hydrogen-bond acceptors (Lipinski definition) is 2. The molecule has 0 amide bonds. The number of fused-ring (bicyclic) bond motifs is 10. The average molecular weight is 384 g/mol. The molecule has 0 fully saturated rings. The van der Waals surface area contributed by atoms with E-state index in [1.54, 1.807) is 0 Å². The molecule has 0 radical (unpaired) electrons. The van der Waals surface area contributed by atoms with Crippen molar-refractivity contribution in [1.29, 1.82) is 0 Å². The van der Waals surface area contributed by atoms with Crippen LogP contribution in [-0.2, 0) is 0 Å². The molecule has 30 heavy (non-hydrogen) atoms.